The summed E-state index contributed by atoms with van der Waals surface area (Å²) in [5, 5.41) is 14.5. The fourth-order valence-electron chi connectivity index (χ4n) is 4.46. The maximum atomic E-state index is 13.3. The average molecular weight is 395 g/mol. The molecule has 1 amide bonds. The van der Waals surface area contributed by atoms with Crippen molar-refractivity contribution in [3.05, 3.63) is 41.2 Å². The number of amides is 1. The number of rotatable bonds is 7. The van der Waals surface area contributed by atoms with E-state index in [4.69, 9.17) is 4.99 Å². The van der Waals surface area contributed by atoms with E-state index in [0.717, 1.165) is 61.9 Å². The molecule has 1 aromatic heterocycles. The molecule has 29 heavy (non-hydrogen) atoms. The second-order valence-corrected chi connectivity index (χ2v) is 8.82. The number of unbranched alkanes of at least 4 members (excludes halogenated alkanes) is 1. The van der Waals surface area contributed by atoms with E-state index in [1.54, 1.807) is 0 Å². The summed E-state index contributed by atoms with van der Waals surface area (Å²) in [5.41, 5.74) is 1.42. The maximum Gasteiger partial charge on any atom is 0.256 e. The zero-order chi connectivity index (χ0) is 20.5. The Kier molecular flexibility index (Phi) is 5.23. The lowest BCUT2D eigenvalue weighted by Crippen LogP contribution is -2.40. The van der Waals surface area contributed by atoms with Gasteiger partial charge in [-0.1, -0.05) is 55.7 Å². The van der Waals surface area contributed by atoms with Crippen LogP contribution in [0.5, 0.6) is 0 Å². The summed E-state index contributed by atoms with van der Waals surface area (Å²) in [6.07, 6.45) is 7.05. The first-order chi connectivity index (χ1) is 14.0. The van der Waals surface area contributed by atoms with Crippen LogP contribution in [0, 0.1) is 0 Å². The number of carbonyl (C=O) groups is 1. The Hall–Kier alpha value is -2.57. The van der Waals surface area contributed by atoms with Crippen molar-refractivity contribution in [1.29, 1.82) is 0 Å². The summed E-state index contributed by atoms with van der Waals surface area (Å²) in [6, 6.07) is 8.39. The number of tetrazole rings is 1. The molecule has 7 nitrogen and oxygen atoms in total. The largest absolute Gasteiger partial charge is 0.294 e. The van der Waals surface area contributed by atoms with Crippen molar-refractivity contribution in [2.45, 2.75) is 83.2 Å². The van der Waals surface area contributed by atoms with E-state index in [9.17, 15) is 4.79 Å². The Morgan fingerprint density at radius 3 is 2.52 bits per heavy atom. The fraction of sp³-hybridized carbons (Fsp3) is 0.591. The summed E-state index contributed by atoms with van der Waals surface area (Å²) >= 11 is 0. The second kappa shape index (κ2) is 7.69. The number of nitrogens with zero attached hydrogens (tertiary/aromatic N) is 5. The van der Waals surface area contributed by atoms with Gasteiger partial charge in [0, 0.05) is 6.42 Å². The van der Waals surface area contributed by atoms with E-state index in [-0.39, 0.29) is 11.3 Å². The van der Waals surface area contributed by atoms with Gasteiger partial charge in [0.15, 0.2) is 5.82 Å². The van der Waals surface area contributed by atoms with Crippen LogP contribution in [0.15, 0.2) is 29.3 Å². The van der Waals surface area contributed by atoms with Gasteiger partial charge < -0.3 is 0 Å². The number of amidine groups is 1. The fourth-order valence-corrected chi connectivity index (χ4v) is 4.46. The molecule has 0 unspecified atom stereocenters. The summed E-state index contributed by atoms with van der Waals surface area (Å²) in [4.78, 5) is 20.2. The van der Waals surface area contributed by atoms with Crippen LogP contribution in [0.1, 0.15) is 82.7 Å². The van der Waals surface area contributed by atoms with Crippen molar-refractivity contribution >= 4 is 11.7 Å². The number of hydrogen-bond donors (Lipinski definition) is 1. The van der Waals surface area contributed by atoms with Gasteiger partial charge in [-0.3, -0.25) is 14.7 Å². The molecule has 0 atom stereocenters. The highest BCUT2D eigenvalue weighted by atomic mass is 16.2. The van der Waals surface area contributed by atoms with Crippen molar-refractivity contribution in [3.8, 4) is 0 Å². The van der Waals surface area contributed by atoms with Crippen LogP contribution in [0.3, 0.4) is 0 Å². The minimum absolute atomic E-state index is 0.206. The van der Waals surface area contributed by atoms with Crippen molar-refractivity contribution in [1.82, 2.24) is 25.5 Å². The molecular formula is C22H30N6O. The number of H-pyrrole nitrogens is 1. The van der Waals surface area contributed by atoms with E-state index in [2.05, 4.69) is 65.7 Å². The molecule has 1 N–H and O–H groups in total. The number of aromatic amines is 1. The molecule has 0 bridgehead atoms. The summed E-state index contributed by atoms with van der Waals surface area (Å²) in [6.45, 7) is 6.93. The Labute approximate surface area is 172 Å². The number of aliphatic imine (C=N–C) groups is 1. The van der Waals surface area contributed by atoms with Crippen LogP contribution < -0.4 is 0 Å². The monoisotopic (exact) mass is 394 g/mol. The van der Waals surface area contributed by atoms with Gasteiger partial charge in [-0.15, -0.1) is 10.2 Å². The van der Waals surface area contributed by atoms with Crippen LogP contribution in [-0.4, -0.2) is 42.8 Å². The number of nitrogens with one attached hydrogen (secondary N) is 1. The lowest BCUT2D eigenvalue weighted by atomic mass is 9.83. The maximum absolute atomic E-state index is 13.3. The molecular weight excluding hydrogens is 364 g/mol. The third-order valence-electron chi connectivity index (χ3n) is 6.40. The molecule has 0 radical (unpaired) electrons. The minimum Gasteiger partial charge on any atom is -0.294 e. The number of aromatic nitrogens is 4. The van der Waals surface area contributed by atoms with E-state index in [0.29, 0.717) is 12.4 Å². The van der Waals surface area contributed by atoms with Crippen molar-refractivity contribution < 1.29 is 4.79 Å². The highest BCUT2D eigenvalue weighted by Gasteiger charge is 2.49. The van der Waals surface area contributed by atoms with Gasteiger partial charge in [-0.25, -0.2) is 0 Å². The zero-order valence-electron chi connectivity index (χ0n) is 17.6. The average Bonchev–Trinajstić information content (AvgIpc) is 3.46. The first kappa shape index (κ1) is 19.7. The first-order valence-corrected chi connectivity index (χ1v) is 10.7. The quantitative estimate of drug-likeness (QED) is 0.774. The molecule has 2 aliphatic rings. The van der Waals surface area contributed by atoms with Gasteiger partial charge >= 0.3 is 0 Å². The van der Waals surface area contributed by atoms with Crippen LogP contribution in [0.25, 0.3) is 0 Å². The van der Waals surface area contributed by atoms with Crippen LogP contribution >= 0.6 is 0 Å². The normalized spacial score (nSPS) is 18.7. The number of benzene rings is 1. The Morgan fingerprint density at radius 1 is 1.17 bits per heavy atom. The van der Waals surface area contributed by atoms with Gasteiger partial charge in [0.25, 0.3) is 5.91 Å². The molecule has 1 fully saturated rings. The molecule has 2 heterocycles. The number of hydrogen-bond acceptors (Lipinski definition) is 5. The van der Waals surface area contributed by atoms with Gasteiger partial charge in [0.05, 0.1) is 12.0 Å². The molecule has 1 spiro atoms. The van der Waals surface area contributed by atoms with Crippen LogP contribution in [-0.2, 0) is 16.8 Å². The molecule has 1 saturated carbocycles. The summed E-state index contributed by atoms with van der Waals surface area (Å²) < 4.78 is 0. The Morgan fingerprint density at radius 2 is 1.90 bits per heavy atom. The minimum atomic E-state index is -0.469. The smallest absolute Gasteiger partial charge is 0.256 e. The summed E-state index contributed by atoms with van der Waals surface area (Å²) in [5.74, 6) is 1.85. The molecule has 7 heteroatoms. The zero-order valence-corrected chi connectivity index (χ0v) is 17.6. The third kappa shape index (κ3) is 3.58. The molecule has 0 saturated heterocycles. The van der Waals surface area contributed by atoms with Gasteiger partial charge in [-0.05, 0) is 44.2 Å². The van der Waals surface area contributed by atoms with Gasteiger partial charge in [0.2, 0.25) is 0 Å². The van der Waals surface area contributed by atoms with Crippen LogP contribution in [0.4, 0.5) is 0 Å². The standard InChI is InChI=1S/C22H30N6O/c1-4-5-8-18-23-22(13-6-7-14-22)20(29)28(18)15-16-9-11-17(12-10-16)21(2,3)19-24-26-27-25-19/h9-12H,4-8,13-15H2,1-3H3,(H,24,25,26,27). The van der Waals surface area contributed by atoms with E-state index >= 15 is 0 Å². The third-order valence-corrected chi connectivity index (χ3v) is 6.40. The van der Waals surface area contributed by atoms with E-state index in [1.165, 1.54) is 0 Å². The lowest BCUT2D eigenvalue weighted by Gasteiger charge is -2.24. The lowest BCUT2D eigenvalue weighted by molar-refractivity contribution is -0.131. The number of carbonyl (C=O) groups excluding carboxylic acids is 1. The van der Waals surface area contributed by atoms with Gasteiger partial charge in [-0.2, -0.15) is 5.21 Å². The molecule has 1 aliphatic heterocycles. The SMILES string of the molecule is CCCCC1=NC2(CCCC2)C(=O)N1Cc1ccc(C(C)(C)c2nn[nH]n2)cc1. The first-order valence-electron chi connectivity index (χ1n) is 10.7. The van der Waals surface area contributed by atoms with E-state index < -0.39 is 5.54 Å². The predicted octanol–water partition coefficient (Wildman–Crippen LogP) is 3.77. The molecule has 4 rings (SSSR count). The predicted molar refractivity (Wildman–Crippen MR) is 111 cm³/mol. The van der Waals surface area contributed by atoms with Crippen molar-refractivity contribution in [2.75, 3.05) is 0 Å². The van der Waals surface area contributed by atoms with Crippen molar-refractivity contribution in [3.63, 3.8) is 0 Å². The Balaban J connectivity index is 1.53. The molecule has 1 aliphatic carbocycles. The second-order valence-electron chi connectivity index (χ2n) is 8.82. The molecule has 154 valence electrons. The summed E-state index contributed by atoms with van der Waals surface area (Å²) in [7, 11) is 0. The van der Waals surface area contributed by atoms with E-state index in [1.807, 2.05) is 4.90 Å². The molecule has 1 aromatic carbocycles. The molecule has 2 aromatic rings. The Bertz CT molecular complexity index is 879. The highest BCUT2D eigenvalue weighted by molar-refractivity contribution is 6.08. The highest BCUT2D eigenvalue weighted by Crippen LogP contribution is 2.40. The van der Waals surface area contributed by atoms with Crippen LogP contribution in [0.2, 0.25) is 0 Å². The van der Waals surface area contributed by atoms with Gasteiger partial charge in [0.1, 0.15) is 11.4 Å². The topological polar surface area (TPSA) is 87.1 Å². The van der Waals surface area contributed by atoms with Crippen molar-refractivity contribution in [2.24, 2.45) is 4.99 Å².